The average Bonchev–Trinajstić information content (AvgIpc) is 1.99. The van der Waals surface area contributed by atoms with Gasteiger partial charge in [0.2, 0.25) is 0 Å². The average molecular weight is 166 g/mol. The van der Waals surface area contributed by atoms with Gasteiger partial charge in [0.25, 0.3) is 0 Å². The zero-order valence-electron chi connectivity index (χ0n) is 7.18. The van der Waals surface area contributed by atoms with E-state index < -0.39 is 0 Å². The van der Waals surface area contributed by atoms with Gasteiger partial charge in [0, 0.05) is 4.91 Å². The molecule has 0 nitrogen and oxygen atoms in total. The van der Waals surface area contributed by atoms with Crippen LogP contribution in [0.3, 0.4) is 0 Å². The van der Waals surface area contributed by atoms with Gasteiger partial charge in [-0.2, -0.15) is 0 Å². The van der Waals surface area contributed by atoms with Gasteiger partial charge < -0.3 is 0 Å². The summed E-state index contributed by atoms with van der Waals surface area (Å²) in [5.74, 6) is 0. The van der Waals surface area contributed by atoms with E-state index in [4.69, 9.17) is 0 Å². The molecule has 11 heavy (non-hydrogen) atoms. The highest BCUT2D eigenvalue weighted by Gasteiger charge is 1.98. The predicted molar refractivity (Wildman–Crippen MR) is 55.7 cm³/mol. The summed E-state index contributed by atoms with van der Waals surface area (Å²) in [7, 11) is 0. The molecular formula is C10H14S. The van der Waals surface area contributed by atoms with Gasteiger partial charge in [-0.1, -0.05) is 31.9 Å². The first-order chi connectivity index (χ1) is 5.17. The largest absolute Gasteiger partial charge is 0.129 e. The lowest BCUT2D eigenvalue weighted by molar-refractivity contribution is 1.45. The molecule has 0 spiro atoms. The number of hydrogen-bond donors (Lipinski definition) is 0. The Morgan fingerprint density at radius 1 is 1.27 bits per heavy atom. The quantitative estimate of drug-likeness (QED) is 0.575. The molecule has 0 saturated heterocycles. The molecule has 0 atom stereocenters. The zero-order valence-corrected chi connectivity index (χ0v) is 8.00. The highest BCUT2D eigenvalue weighted by atomic mass is 32.2. The lowest BCUT2D eigenvalue weighted by atomic mass is 10.1. The Balaban J connectivity index is 4.92. The van der Waals surface area contributed by atoms with Crippen LogP contribution in [-0.2, 0) is 0 Å². The van der Waals surface area contributed by atoms with E-state index in [9.17, 15) is 0 Å². The Kier molecular flexibility index (Phi) is 4.71. The fraction of sp³-hybridized carbons (Fsp3) is 0.200. The summed E-state index contributed by atoms with van der Waals surface area (Å²) in [6, 6.07) is 0. The van der Waals surface area contributed by atoms with Crippen LogP contribution in [-0.4, -0.2) is 6.26 Å². The maximum atomic E-state index is 3.85. The third-order valence-electron chi connectivity index (χ3n) is 1.33. The van der Waals surface area contributed by atoms with E-state index in [0.717, 1.165) is 16.1 Å². The number of rotatable bonds is 4. The lowest BCUT2D eigenvalue weighted by Crippen LogP contribution is -1.82. The summed E-state index contributed by atoms with van der Waals surface area (Å²) in [5, 5.41) is 0. The van der Waals surface area contributed by atoms with Crippen LogP contribution in [0.2, 0.25) is 0 Å². The van der Waals surface area contributed by atoms with Crippen LogP contribution in [0.15, 0.2) is 47.9 Å². The van der Waals surface area contributed by atoms with E-state index in [-0.39, 0.29) is 0 Å². The Hall–Kier alpha value is -0.690. The van der Waals surface area contributed by atoms with Crippen LogP contribution in [0.5, 0.6) is 0 Å². The highest BCUT2D eigenvalue weighted by molar-refractivity contribution is 8.02. The van der Waals surface area contributed by atoms with Crippen LogP contribution in [0.25, 0.3) is 0 Å². The first-order valence-electron chi connectivity index (χ1n) is 3.36. The lowest BCUT2D eigenvalue weighted by Gasteiger charge is -2.04. The Labute approximate surface area is 73.4 Å². The molecule has 0 saturated carbocycles. The molecule has 0 unspecified atom stereocenters. The summed E-state index contributed by atoms with van der Waals surface area (Å²) in [5.41, 5.74) is 2.12. The van der Waals surface area contributed by atoms with Crippen LogP contribution in [0.1, 0.15) is 6.92 Å². The second kappa shape index (κ2) is 5.03. The monoisotopic (exact) mass is 166 g/mol. The molecule has 0 radical (unpaired) electrons. The van der Waals surface area contributed by atoms with E-state index >= 15 is 0 Å². The van der Waals surface area contributed by atoms with Crippen molar-refractivity contribution in [2.45, 2.75) is 6.92 Å². The highest BCUT2D eigenvalue weighted by Crippen LogP contribution is 2.22. The smallest absolute Gasteiger partial charge is 0.0138 e. The number of allylic oxidation sites excluding steroid dienone is 4. The van der Waals surface area contributed by atoms with E-state index in [1.54, 1.807) is 11.8 Å². The Morgan fingerprint density at radius 2 is 1.82 bits per heavy atom. The van der Waals surface area contributed by atoms with Crippen molar-refractivity contribution in [3.63, 3.8) is 0 Å². The van der Waals surface area contributed by atoms with Gasteiger partial charge in [0.1, 0.15) is 0 Å². The minimum atomic E-state index is 1.03. The van der Waals surface area contributed by atoms with Gasteiger partial charge in [-0.15, -0.1) is 11.8 Å². The van der Waals surface area contributed by atoms with Crippen molar-refractivity contribution in [2.24, 2.45) is 0 Å². The minimum Gasteiger partial charge on any atom is -0.129 e. The summed E-state index contributed by atoms with van der Waals surface area (Å²) in [6.45, 7) is 13.3. The molecule has 0 bridgehead atoms. The molecule has 60 valence electrons. The summed E-state index contributed by atoms with van der Waals surface area (Å²) in [4.78, 5) is 1.13. The molecule has 0 fully saturated rings. The summed E-state index contributed by atoms with van der Waals surface area (Å²) >= 11 is 1.66. The third kappa shape index (κ3) is 2.81. The van der Waals surface area contributed by atoms with Crippen molar-refractivity contribution in [3.8, 4) is 0 Å². The second-order valence-corrected chi connectivity index (χ2v) is 3.02. The maximum Gasteiger partial charge on any atom is 0.0138 e. The molecule has 0 amide bonds. The molecule has 1 heteroatoms. The van der Waals surface area contributed by atoms with E-state index in [0.29, 0.717) is 0 Å². The predicted octanol–water partition coefficient (Wildman–Crippen LogP) is 3.55. The summed E-state index contributed by atoms with van der Waals surface area (Å²) < 4.78 is 0. The van der Waals surface area contributed by atoms with Gasteiger partial charge in [-0.25, -0.2) is 0 Å². The molecule has 0 aliphatic heterocycles. The molecule has 0 aliphatic rings. The first kappa shape index (κ1) is 10.3. The Morgan fingerprint density at radius 3 is 1.91 bits per heavy atom. The van der Waals surface area contributed by atoms with Crippen molar-refractivity contribution < 1.29 is 0 Å². The van der Waals surface area contributed by atoms with Crippen molar-refractivity contribution in [3.05, 3.63) is 47.9 Å². The fourth-order valence-corrected chi connectivity index (χ4v) is 1.43. The van der Waals surface area contributed by atoms with Crippen molar-refractivity contribution >= 4 is 11.8 Å². The Bertz CT molecular complexity index is 209. The number of hydrogen-bond acceptors (Lipinski definition) is 1. The first-order valence-corrected chi connectivity index (χ1v) is 4.58. The zero-order chi connectivity index (χ0) is 8.85. The van der Waals surface area contributed by atoms with Gasteiger partial charge >= 0.3 is 0 Å². The molecule has 0 rings (SSSR count). The third-order valence-corrected chi connectivity index (χ3v) is 2.16. The number of thioether (sulfide) groups is 1. The normalized spacial score (nSPS) is 11.8. The maximum absolute atomic E-state index is 3.85. The van der Waals surface area contributed by atoms with Crippen LogP contribution in [0.4, 0.5) is 0 Å². The standard InChI is InChI=1S/C10H14S/c1-6-9(8(3)4)10(7-2)11-5/h6-7H,1-3H2,4-5H3/b10-9-. The second-order valence-electron chi connectivity index (χ2n) is 2.17. The molecular weight excluding hydrogens is 152 g/mol. The van der Waals surface area contributed by atoms with Crippen LogP contribution >= 0.6 is 11.8 Å². The van der Waals surface area contributed by atoms with E-state index in [2.05, 4.69) is 19.7 Å². The molecule has 0 aromatic heterocycles. The summed E-state index contributed by atoms with van der Waals surface area (Å²) in [6.07, 6.45) is 5.66. The van der Waals surface area contributed by atoms with Gasteiger partial charge in [-0.3, -0.25) is 0 Å². The van der Waals surface area contributed by atoms with Crippen molar-refractivity contribution in [1.29, 1.82) is 0 Å². The van der Waals surface area contributed by atoms with Crippen molar-refractivity contribution in [2.75, 3.05) is 6.26 Å². The SMILES string of the molecule is C=C/C(SC)=C(\C=C)C(=C)C. The molecule has 0 heterocycles. The van der Waals surface area contributed by atoms with Crippen LogP contribution < -0.4 is 0 Å². The fourth-order valence-electron chi connectivity index (χ4n) is 0.788. The van der Waals surface area contributed by atoms with Gasteiger partial charge in [0.05, 0.1) is 0 Å². The van der Waals surface area contributed by atoms with Gasteiger partial charge in [0.15, 0.2) is 0 Å². The van der Waals surface area contributed by atoms with Crippen LogP contribution in [0, 0.1) is 0 Å². The molecule has 0 aromatic carbocycles. The molecule has 0 aliphatic carbocycles. The van der Waals surface area contributed by atoms with Gasteiger partial charge in [-0.05, 0) is 24.3 Å². The van der Waals surface area contributed by atoms with E-state index in [1.165, 1.54) is 0 Å². The van der Waals surface area contributed by atoms with Crippen molar-refractivity contribution in [1.82, 2.24) is 0 Å². The minimum absolute atomic E-state index is 1.03. The van der Waals surface area contributed by atoms with E-state index in [1.807, 2.05) is 25.3 Å². The molecule has 0 N–H and O–H groups in total. The topological polar surface area (TPSA) is 0 Å². The molecule has 0 aromatic rings.